The number of phenolic OH excluding ortho intramolecular Hbond substituents is 1. The van der Waals surface area contributed by atoms with Crippen molar-refractivity contribution in [2.75, 3.05) is 0 Å². The van der Waals surface area contributed by atoms with Crippen LogP contribution in [0.25, 0.3) is 21.9 Å². The van der Waals surface area contributed by atoms with Gasteiger partial charge in [-0.3, -0.25) is 4.79 Å². The van der Waals surface area contributed by atoms with E-state index in [0.29, 0.717) is 27.0 Å². The van der Waals surface area contributed by atoms with Crippen LogP contribution >= 0.6 is 11.6 Å². The molecule has 7 nitrogen and oxygen atoms in total. The predicted molar refractivity (Wildman–Crippen MR) is 96.8 cm³/mol. The molecular weight excluding hydrogens is 344 g/mol. The molecule has 0 saturated heterocycles. The van der Waals surface area contributed by atoms with Gasteiger partial charge in [0, 0.05) is 15.9 Å². The maximum Gasteiger partial charge on any atom is 0.350 e. The average molecular weight is 355 g/mol. The fraction of sp³-hybridized carbons (Fsp3) is 0. The molecule has 2 aromatic heterocycles. The zero-order valence-electron chi connectivity index (χ0n) is 12.7. The summed E-state index contributed by atoms with van der Waals surface area (Å²) in [5.41, 5.74) is 0.593. The summed E-state index contributed by atoms with van der Waals surface area (Å²) in [5.74, 6) is 0.0631. The van der Waals surface area contributed by atoms with Gasteiger partial charge in [0.1, 0.15) is 11.3 Å². The summed E-state index contributed by atoms with van der Waals surface area (Å²) in [7, 11) is 0. The lowest BCUT2D eigenvalue weighted by atomic mass is 10.2. The normalized spacial score (nSPS) is 11.7. The molecule has 25 heavy (non-hydrogen) atoms. The SMILES string of the molecule is O=c1[nH]c2c([nH]c3ccc(Cl)cc32)c(=O)n1N=Cc1cccc(O)c1. The van der Waals surface area contributed by atoms with Crippen molar-refractivity contribution in [3.05, 3.63) is 73.9 Å². The molecule has 4 rings (SSSR count). The first-order valence-electron chi connectivity index (χ1n) is 7.32. The first-order chi connectivity index (χ1) is 12.0. The van der Waals surface area contributed by atoms with Gasteiger partial charge in [-0.2, -0.15) is 5.10 Å². The highest BCUT2D eigenvalue weighted by atomic mass is 35.5. The molecule has 0 aliphatic rings. The summed E-state index contributed by atoms with van der Waals surface area (Å²) >= 11 is 5.98. The Morgan fingerprint density at radius 1 is 1.08 bits per heavy atom. The van der Waals surface area contributed by atoms with E-state index in [0.717, 1.165) is 4.68 Å². The Morgan fingerprint density at radius 2 is 1.92 bits per heavy atom. The van der Waals surface area contributed by atoms with Crippen molar-refractivity contribution < 1.29 is 5.11 Å². The predicted octanol–water partition coefficient (Wildman–Crippen LogP) is 2.41. The topological polar surface area (TPSA) is 103 Å². The van der Waals surface area contributed by atoms with Gasteiger partial charge in [-0.1, -0.05) is 23.7 Å². The fourth-order valence-electron chi connectivity index (χ4n) is 2.65. The number of aromatic nitrogens is 3. The third-order valence-electron chi connectivity index (χ3n) is 3.78. The van der Waals surface area contributed by atoms with Crippen LogP contribution in [0.4, 0.5) is 0 Å². The zero-order valence-corrected chi connectivity index (χ0v) is 13.4. The molecule has 0 aliphatic carbocycles. The fourth-order valence-corrected chi connectivity index (χ4v) is 2.82. The second-order valence-electron chi connectivity index (χ2n) is 5.45. The average Bonchev–Trinajstić information content (AvgIpc) is 2.93. The Balaban J connectivity index is 1.92. The van der Waals surface area contributed by atoms with Crippen LogP contribution < -0.4 is 11.2 Å². The molecule has 0 fully saturated rings. The van der Waals surface area contributed by atoms with Gasteiger partial charge in [-0.15, -0.1) is 4.68 Å². The number of hydrogen-bond donors (Lipinski definition) is 3. The summed E-state index contributed by atoms with van der Waals surface area (Å²) in [6.07, 6.45) is 1.32. The molecule has 0 amide bonds. The molecule has 0 bridgehead atoms. The summed E-state index contributed by atoms with van der Waals surface area (Å²) in [6.45, 7) is 0. The molecule has 2 heterocycles. The molecular formula is C17H11ClN4O3. The molecule has 2 aromatic carbocycles. The van der Waals surface area contributed by atoms with Crippen LogP contribution in [0.1, 0.15) is 5.56 Å². The first-order valence-corrected chi connectivity index (χ1v) is 7.70. The minimum Gasteiger partial charge on any atom is -0.508 e. The van der Waals surface area contributed by atoms with E-state index in [4.69, 9.17) is 11.6 Å². The second kappa shape index (κ2) is 5.64. The third kappa shape index (κ3) is 2.60. The molecule has 0 aliphatic heterocycles. The van der Waals surface area contributed by atoms with E-state index < -0.39 is 11.2 Å². The van der Waals surface area contributed by atoms with Crippen molar-refractivity contribution in [1.29, 1.82) is 0 Å². The highest BCUT2D eigenvalue weighted by molar-refractivity contribution is 6.31. The van der Waals surface area contributed by atoms with Crippen molar-refractivity contribution >= 4 is 39.8 Å². The number of aromatic amines is 2. The lowest BCUT2D eigenvalue weighted by Gasteiger charge is -1.98. The number of benzene rings is 2. The number of H-pyrrole nitrogens is 2. The van der Waals surface area contributed by atoms with E-state index >= 15 is 0 Å². The number of halogens is 1. The van der Waals surface area contributed by atoms with E-state index in [1.165, 1.54) is 18.3 Å². The smallest absolute Gasteiger partial charge is 0.350 e. The number of aromatic hydroxyl groups is 1. The largest absolute Gasteiger partial charge is 0.508 e. The third-order valence-corrected chi connectivity index (χ3v) is 4.02. The van der Waals surface area contributed by atoms with Crippen LogP contribution in [-0.2, 0) is 0 Å². The van der Waals surface area contributed by atoms with Crippen molar-refractivity contribution in [1.82, 2.24) is 14.6 Å². The van der Waals surface area contributed by atoms with Crippen molar-refractivity contribution in [2.24, 2.45) is 5.10 Å². The highest BCUT2D eigenvalue weighted by Gasteiger charge is 2.12. The lowest BCUT2D eigenvalue weighted by Crippen LogP contribution is -2.32. The molecule has 124 valence electrons. The number of phenols is 1. The zero-order chi connectivity index (χ0) is 17.6. The monoisotopic (exact) mass is 354 g/mol. The number of rotatable bonds is 2. The number of nitrogens with zero attached hydrogens (tertiary/aromatic N) is 2. The van der Waals surface area contributed by atoms with Crippen LogP contribution in [-0.4, -0.2) is 26.0 Å². The maximum absolute atomic E-state index is 12.6. The van der Waals surface area contributed by atoms with Crippen LogP contribution in [0, 0.1) is 0 Å². The Kier molecular flexibility index (Phi) is 3.43. The van der Waals surface area contributed by atoms with Crippen molar-refractivity contribution in [3.63, 3.8) is 0 Å². The number of nitrogens with one attached hydrogen (secondary N) is 2. The van der Waals surface area contributed by atoms with Crippen LogP contribution in [0.15, 0.2) is 57.2 Å². The van der Waals surface area contributed by atoms with E-state index in [9.17, 15) is 14.7 Å². The Hall–Kier alpha value is -3.32. The second-order valence-corrected chi connectivity index (χ2v) is 5.89. The molecule has 0 unspecified atom stereocenters. The van der Waals surface area contributed by atoms with E-state index in [2.05, 4.69) is 15.1 Å². The minimum atomic E-state index is -0.672. The van der Waals surface area contributed by atoms with Crippen LogP contribution in [0.2, 0.25) is 5.02 Å². The van der Waals surface area contributed by atoms with Gasteiger partial charge in [-0.05, 0) is 35.9 Å². The molecule has 0 spiro atoms. The van der Waals surface area contributed by atoms with Crippen LogP contribution in [0.3, 0.4) is 0 Å². The van der Waals surface area contributed by atoms with E-state index in [-0.39, 0.29) is 11.3 Å². The Labute approximate surface area is 144 Å². The van der Waals surface area contributed by atoms with E-state index in [1.54, 1.807) is 30.3 Å². The van der Waals surface area contributed by atoms with Gasteiger partial charge in [0.05, 0.1) is 11.7 Å². The maximum atomic E-state index is 12.6. The molecule has 0 atom stereocenters. The highest BCUT2D eigenvalue weighted by Crippen LogP contribution is 2.24. The van der Waals surface area contributed by atoms with Crippen LogP contribution in [0.5, 0.6) is 5.75 Å². The van der Waals surface area contributed by atoms with Gasteiger partial charge >= 0.3 is 11.2 Å². The molecule has 8 heteroatoms. The Morgan fingerprint density at radius 3 is 2.72 bits per heavy atom. The van der Waals surface area contributed by atoms with Crippen molar-refractivity contribution in [2.45, 2.75) is 0 Å². The van der Waals surface area contributed by atoms with Gasteiger partial charge in [0.25, 0.3) is 0 Å². The summed E-state index contributed by atoms with van der Waals surface area (Å²) in [4.78, 5) is 30.5. The molecule has 0 saturated carbocycles. The van der Waals surface area contributed by atoms with Gasteiger partial charge in [-0.25, -0.2) is 4.79 Å². The standard InChI is InChI=1S/C17H11ClN4O3/c18-10-4-5-13-12(7-10)14-15(20-13)16(24)22(17(25)21-14)19-8-9-2-1-3-11(23)6-9/h1-8,20,23H,(H,21,25). The number of fused-ring (bicyclic) bond motifs is 3. The minimum absolute atomic E-state index is 0.0631. The molecule has 0 radical (unpaired) electrons. The Bertz CT molecular complexity index is 1270. The summed E-state index contributed by atoms with van der Waals surface area (Å²) in [5, 5.41) is 14.5. The van der Waals surface area contributed by atoms with Gasteiger partial charge < -0.3 is 15.1 Å². The quantitative estimate of drug-likeness (QED) is 0.481. The summed E-state index contributed by atoms with van der Waals surface area (Å²) < 4.78 is 0.726. The van der Waals surface area contributed by atoms with Crippen molar-refractivity contribution in [3.8, 4) is 5.75 Å². The molecule has 3 N–H and O–H groups in total. The lowest BCUT2D eigenvalue weighted by molar-refractivity contribution is 0.475. The first kappa shape index (κ1) is 15.2. The van der Waals surface area contributed by atoms with Gasteiger partial charge in [0.2, 0.25) is 0 Å². The van der Waals surface area contributed by atoms with E-state index in [1.807, 2.05) is 0 Å². The molecule has 4 aromatic rings. The number of hydrogen-bond acceptors (Lipinski definition) is 4. The summed E-state index contributed by atoms with van der Waals surface area (Å²) in [6, 6.07) is 11.4. The van der Waals surface area contributed by atoms with Gasteiger partial charge in [0.15, 0.2) is 0 Å².